The van der Waals surface area contributed by atoms with Gasteiger partial charge < -0.3 is 15.2 Å². The van der Waals surface area contributed by atoms with Gasteiger partial charge in [0.2, 0.25) is 5.78 Å². The molecule has 1 aromatic carbocycles. The second-order valence-electron chi connectivity index (χ2n) is 5.81. The Hall–Kier alpha value is -3.80. The highest BCUT2D eigenvalue weighted by molar-refractivity contribution is 6.16. The van der Waals surface area contributed by atoms with Crippen LogP contribution < -0.4 is 26.5 Å². The molecule has 0 amide bonds. The van der Waals surface area contributed by atoms with Crippen LogP contribution in [0, 0.1) is 11.3 Å². The minimum atomic E-state index is -0.871. The summed E-state index contributed by atoms with van der Waals surface area (Å²) in [5, 5.41) is 9.45. The number of carbonyl (C=O) groups excluding carboxylic acids is 1. The van der Waals surface area contributed by atoms with Crippen molar-refractivity contribution in [2.75, 3.05) is 19.5 Å². The number of anilines is 1. The minimum absolute atomic E-state index is 0.302. The van der Waals surface area contributed by atoms with Gasteiger partial charge >= 0.3 is 5.69 Å². The van der Waals surface area contributed by atoms with Crippen molar-refractivity contribution < 1.29 is 14.3 Å². The van der Waals surface area contributed by atoms with Crippen LogP contribution in [-0.4, -0.2) is 28.6 Å². The Labute approximate surface area is 160 Å². The van der Waals surface area contributed by atoms with Crippen molar-refractivity contribution in [3.05, 3.63) is 55.7 Å². The average Bonchev–Trinajstić information content (AvgIpc) is 2.70. The molecular weight excluding hydrogens is 364 g/mol. The molecule has 0 aliphatic rings. The van der Waals surface area contributed by atoms with Gasteiger partial charge in [-0.15, -0.1) is 0 Å². The van der Waals surface area contributed by atoms with Crippen molar-refractivity contribution in [3.8, 4) is 17.6 Å². The number of carbonyl (C=O) groups is 1. The Morgan fingerprint density at radius 2 is 1.93 bits per heavy atom. The number of hydrogen-bond acceptors (Lipinski definition) is 7. The molecule has 0 aliphatic heterocycles. The van der Waals surface area contributed by atoms with Crippen LogP contribution in [0.5, 0.6) is 11.5 Å². The van der Waals surface area contributed by atoms with Crippen molar-refractivity contribution in [1.82, 2.24) is 9.13 Å². The Bertz CT molecular complexity index is 1120. The SMILES string of the molecule is CCOc1ccc(/C=C(\C#N)C(=O)c2c(N)n(C)c(=O)n(C)c2=O)cc1OC. The van der Waals surface area contributed by atoms with Crippen LogP contribution in [0.2, 0.25) is 0 Å². The Morgan fingerprint density at radius 3 is 2.50 bits per heavy atom. The lowest BCUT2D eigenvalue weighted by Crippen LogP contribution is -2.41. The zero-order valence-electron chi connectivity index (χ0n) is 16.0. The molecule has 9 nitrogen and oxygen atoms in total. The number of nitriles is 1. The molecule has 0 radical (unpaired) electrons. The van der Waals surface area contributed by atoms with Crippen LogP contribution in [0.15, 0.2) is 33.4 Å². The molecule has 2 aromatic rings. The number of nitrogen functional groups attached to an aromatic ring is 1. The molecular formula is C19H20N4O5. The Kier molecular flexibility index (Phi) is 6.05. The predicted molar refractivity (Wildman–Crippen MR) is 103 cm³/mol. The lowest BCUT2D eigenvalue weighted by atomic mass is 10.0. The standard InChI is InChI=1S/C19H20N4O5/c1-5-28-13-7-6-11(9-14(13)27-4)8-12(10-20)16(24)15-17(21)22(2)19(26)23(3)18(15)25/h6-9H,5,21H2,1-4H3/b12-8+. The first-order chi connectivity index (χ1) is 13.3. The van der Waals surface area contributed by atoms with Gasteiger partial charge in [-0.1, -0.05) is 6.07 Å². The Morgan fingerprint density at radius 1 is 1.25 bits per heavy atom. The topological polar surface area (TPSA) is 129 Å². The van der Waals surface area contributed by atoms with E-state index in [2.05, 4.69) is 0 Å². The van der Waals surface area contributed by atoms with Gasteiger partial charge in [0.05, 0.1) is 13.7 Å². The van der Waals surface area contributed by atoms with E-state index in [1.165, 1.54) is 27.3 Å². The molecule has 2 rings (SSSR count). The normalized spacial score (nSPS) is 11.0. The van der Waals surface area contributed by atoms with Gasteiger partial charge in [-0.25, -0.2) is 4.79 Å². The number of nitrogens with zero attached hydrogens (tertiary/aromatic N) is 3. The van der Waals surface area contributed by atoms with E-state index >= 15 is 0 Å². The minimum Gasteiger partial charge on any atom is -0.493 e. The van der Waals surface area contributed by atoms with Gasteiger partial charge in [0.25, 0.3) is 5.56 Å². The number of allylic oxidation sites excluding steroid dienone is 1. The van der Waals surface area contributed by atoms with E-state index in [9.17, 15) is 19.6 Å². The highest BCUT2D eigenvalue weighted by atomic mass is 16.5. The first-order valence-corrected chi connectivity index (χ1v) is 8.29. The fraction of sp³-hybridized carbons (Fsp3) is 0.263. The lowest BCUT2D eigenvalue weighted by molar-refractivity contribution is 0.103. The zero-order valence-corrected chi connectivity index (χ0v) is 16.0. The molecule has 0 bridgehead atoms. The van der Waals surface area contributed by atoms with Crippen molar-refractivity contribution in [1.29, 1.82) is 5.26 Å². The van der Waals surface area contributed by atoms with E-state index in [1.807, 2.05) is 6.92 Å². The second-order valence-corrected chi connectivity index (χ2v) is 5.81. The van der Waals surface area contributed by atoms with E-state index in [1.54, 1.807) is 24.3 Å². The summed E-state index contributed by atoms with van der Waals surface area (Å²) in [5.74, 6) is -0.228. The van der Waals surface area contributed by atoms with Gasteiger partial charge in [-0.3, -0.25) is 18.7 Å². The maximum absolute atomic E-state index is 12.8. The molecule has 2 N–H and O–H groups in total. The van der Waals surface area contributed by atoms with E-state index in [0.29, 0.717) is 23.7 Å². The molecule has 146 valence electrons. The number of Topliss-reactive ketones (excluding diaryl/α,β-unsaturated/α-hetero) is 1. The summed E-state index contributed by atoms with van der Waals surface area (Å²) in [7, 11) is 4.03. The molecule has 0 atom stereocenters. The third kappa shape index (κ3) is 3.66. The number of hydrogen-bond donors (Lipinski definition) is 1. The van der Waals surface area contributed by atoms with Crippen molar-refractivity contribution in [2.24, 2.45) is 14.1 Å². The maximum Gasteiger partial charge on any atom is 0.332 e. The number of methoxy groups -OCH3 is 1. The molecule has 28 heavy (non-hydrogen) atoms. The number of aromatic nitrogens is 2. The van der Waals surface area contributed by atoms with Crippen molar-refractivity contribution >= 4 is 17.7 Å². The largest absolute Gasteiger partial charge is 0.493 e. The second kappa shape index (κ2) is 8.26. The summed E-state index contributed by atoms with van der Waals surface area (Å²) in [6, 6.07) is 6.66. The summed E-state index contributed by atoms with van der Waals surface area (Å²) in [6.45, 7) is 2.28. The molecule has 1 heterocycles. The number of benzene rings is 1. The van der Waals surface area contributed by atoms with Crippen molar-refractivity contribution in [2.45, 2.75) is 6.92 Å². The third-order valence-corrected chi connectivity index (χ3v) is 4.10. The quantitative estimate of drug-likeness (QED) is 0.444. The zero-order chi connectivity index (χ0) is 21.0. The summed E-state index contributed by atoms with van der Waals surface area (Å²) in [5.41, 5.74) is 4.01. The molecule has 0 saturated carbocycles. The molecule has 0 unspecified atom stereocenters. The number of nitrogens with two attached hydrogens (primary N) is 1. The first-order valence-electron chi connectivity index (χ1n) is 8.29. The first kappa shape index (κ1) is 20.5. The number of ketones is 1. The summed E-state index contributed by atoms with van der Waals surface area (Å²) >= 11 is 0. The lowest BCUT2D eigenvalue weighted by Gasteiger charge is -2.11. The summed E-state index contributed by atoms with van der Waals surface area (Å²) in [4.78, 5) is 37.1. The van der Waals surface area contributed by atoms with E-state index in [4.69, 9.17) is 15.2 Å². The monoisotopic (exact) mass is 384 g/mol. The fourth-order valence-corrected chi connectivity index (χ4v) is 2.57. The van der Waals surface area contributed by atoms with Gasteiger partial charge in [-0.05, 0) is 30.7 Å². The summed E-state index contributed by atoms with van der Waals surface area (Å²) < 4.78 is 12.4. The van der Waals surface area contributed by atoms with E-state index < -0.39 is 22.6 Å². The van der Waals surface area contributed by atoms with Gasteiger partial charge in [0.15, 0.2) is 11.5 Å². The van der Waals surface area contributed by atoms with Crippen LogP contribution in [0.25, 0.3) is 6.08 Å². The number of ether oxygens (including phenoxy) is 2. The van der Waals surface area contributed by atoms with E-state index in [-0.39, 0.29) is 11.4 Å². The predicted octanol–water partition coefficient (Wildman–Crippen LogP) is 0.863. The smallest absolute Gasteiger partial charge is 0.332 e. The molecule has 0 saturated heterocycles. The van der Waals surface area contributed by atoms with E-state index in [0.717, 1.165) is 9.13 Å². The number of rotatable bonds is 6. The van der Waals surface area contributed by atoms with Crippen LogP contribution in [0.3, 0.4) is 0 Å². The van der Waals surface area contributed by atoms with Gasteiger partial charge in [0, 0.05) is 14.1 Å². The fourth-order valence-electron chi connectivity index (χ4n) is 2.57. The molecule has 0 spiro atoms. The van der Waals surface area contributed by atoms with Crippen LogP contribution in [0.1, 0.15) is 22.8 Å². The van der Waals surface area contributed by atoms with Gasteiger partial charge in [-0.2, -0.15) is 5.26 Å². The van der Waals surface area contributed by atoms with Crippen LogP contribution >= 0.6 is 0 Å². The van der Waals surface area contributed by atoms with Crippen molar-refractivity contribution in [3.63, 3.8) is 0 Å². The highest BCUT2D eigenvalue weighted by Gasteiger charge is 2.23. The Balaban J connectivity index is 2.59. The van der Waals surface area contributed by atoms with Crippen LogP contribution in [-0.2, 0) is 14.1 Å². The third-order valence-electron chi connectivity index (χ3n) is 4.10. The van der Waals surface area contributed by atoms with Gasteiger partial charge in [0.1, 0.15) is 23.0 Å². The molecule has 0 fully saturated rings. The summed E-state index contributed by atoms with van der Waals surface area (Å²) in [6.07, 6.45) is 1.31. The average molecular weight is 384 g/mol. The maximum atomic E-state index is 12.8. The molecule has 0 aliphatic carbocycles. The van der Waals surface area contributed by atoms with Crippen LogP contribution in [0.4, 0.5) is 5.82 Å². The highest BCUT2D eigenvalue weighted by Crippen LogP contribution is 2.29. The molecule has 9 heteroatoms. The molecule has 1 aromatic heterocycles.